The van der Waals surface area contributed by atoms with Crippen molar-refractivity contribution in [2.24, 2.45) is 5.73 Å². The highest BCUT2D eigenvalue weighted by Gasteiger charge is 2.12. The van der Waals surface area contributed by atoms with Gasteiger partial charge in [0.25, 0.3) is 0 Å². The second-order valence-corrected chi connectivity index (χ2v) is 3.17. The molecule has 6 heteroatoms. The largest absolute Gasteiger partial charge is 0.480 e. The molecule has 1 atom stereocenters. The van der Waals surface area contributed by atoms with Crippen LogP contribution >= 0.6 is 0 Å². The van der Waals surface area contributed by atoms with Crippen LogP contribution in [-0.4, -0.2) is 23.7 Å². The third kappa shape index (κ3) is 3.82. The van der Waals surface area contributed by atoms with Gasteiger partial charge < -0.3 is 15.6 Å². The molecular weight excluding hydrogens is 220 g/mol. The zero-order valence-electron chi connectivity index (χ0n) is 8.27. The molecule has 0 saturated carbocycles. The van der Waals surface area contributed by atoms with Crippen LogP contribution < -0.4 is 10.5 Å². The molecule has 1 unspecified atom stereocenters. The minimum Gasteiger partial charge on any atom is -0.480 e. The van der Waals surface area contributed by atoms with E-state index in [9.17, 15) is 13.6 Å². The molecule has 0 heterocycles. The number of halogens is 2. The van der Waals surface area contributed by atoms with Crippen molar-refractivity contribution in [2.45, 2.75) is 19.1 Å². The predicted molar refractivity (Wildman–Crippen MR) is 52.4 cm³/mol. The van der Waals surface area contributed by atoms with E-state index in [2.05, 4.69) is 4.74 Å². The maximum absolute atomic E-state index is 11.9. The molecule has 0 aliphatic carbocycles. The lowest BCUT2D eigenvalue weighted by molar-refractivity contribution is -0.138. The number of alkyl halides is 2. The monoisotopic (exact) mass is 231 g/mol. The van der Waals surface area contributed by atoms with Gasteiger partial charge in [-0.1, -0.05) is 12.1 Å². The Morgan fingerprint density at radius 2 is 2.19 bits per heavy atom. The SMILES string of the molecule is NC(Cc1cccc(OC(F)F)c1)C(=O)O. The topological polar surface area (TPSA) is 72.5 Å². The first kappa shape index (κ1) is 12.4. The zero-order valence-corrected chi connectivity index (χ0v) is 8.27. The molecule has 0 saturated heterocycles. The molecule has 0 aromatic heterocycles. The molecule has 16 heavy (non-hydrogen) atoms. The minimum atomic E-state index is -2.90. The molecule has 1 aromatic carbocycles. The van der Waals surface area contributed by atoms with E-state index in [0.717, 1.165) is 0 Å². The Labute approximate surface area is 90.6 Å². The summed E-state index contributed by atoms with van der Waals surface area (Å²) < 4.78 is 28.0. The third-order valence-electron chi connectivity index (χ3n) is 1.90. The highest BCUT2D eigenvalue weighted by atomic mass is 19.3. The van der Waals surface area contributed by atoms with Gasteiger partial charge in [-0.2, -0.15) is 8.78 Å². The number of rotatable bonds is 5. The summed E-state index contributed by atoms with van der Waals surface area (Å²) in [6.45, 7) is -2.90. The highest BCUT2D eigenvalue weighted by Crippen LogP contribution is 2.16. The number of carboxylic acid groups (broad SMARTS) is 1. The number of hydrogen-bond acceptors (Lipinski definition) is 3. The summed E-state index contributed by atoms with van der Waals surface area (Å²) >= 11 is 0. The fourth-order valence-corrected chi connectivity index (χ4v) is 1.19. The van der Waals surface area contributed by atoms with Gasteiger partial charge in [0.2, 0.25) is 0 Å². The maximum atomic E-state index is 11.9. The third-order valence-corrected chi connectivity index (χ3v) is 1.90. The Morgan fingerprint density at radius 1 is 1.50 bits per heavy atom. The van der Waals surface area contributed by atoms with Crippen molar-refractivity contribution in [3.63, 3.8) is 0 Å². The van der Waals surface area contributed by atoms with Crippen LogP contribution in [0.5, 0.6) is 5.75 Å². The second kappa shape index (κ2) is 5.41. The fraction of sp³-hybridized carbons (Fsp3) is 0.300. The van der Waals surface area contributed by atoms with Crippen LogP contribution in [0, 0.1) is 0 Å². The number of ether oxygens (including phenoxy) is 1. The van der Waals surface area contributed by atoms with Gasteiger partial charge in [0.1, 0.15) is 11.8 Å². The van der Waals surface area contributed by atoms with E-state index < -0.39 is 18.6 Å². The van der Waals surface area contributed by atoms with Gasteiger partial charge in [0.15, 0.2) is 0 Å². The van der Waals surface area contributed by atoms with Crippen molar-refractivity contribution < 1.29 is 23.4 Å². The molecule has 3 N–H and O–H groups in total. The second-order valence-electron chi connectivity index (χ2n) is 3.17. The number of aliphatic carboxylic acids is 1. The van der Waals surface area contributed by atoms with E-state index >= 15 is 0 Å². The maximum Gasteiger partial charge on any atom is 0.387 e. The first-order chi connectivity index (χ1) is 7.49. The van der Waals surface area contributed by atoms with Crippen LogP contribution in [0.25, 0.3) is 0 Å². The quantitative estimate of drug-likeness (QED) is 0.799. The molecule has 0 aliphatic rings. The van der Waals surface area contributed by atoms with Gasteiger partial charge in [0.05, 0.1) is 0 Å². The number of nitrogens with two attached hydrogens (primary N) is 1. The summed E-state index contributed by atoms with van der Waals surface area (Å²) in [5, 5.41) is 8.58. The van der Waals surface area contributed by atoms with Crippen molar-refractivity contribution in [1.82, 2.24) is 0 Å². The molecule has 0 spiro atoms. The van der Waals surface area contributed by atoms with Gasteiger partial charge >= 0.3 is 12.6 Å². The molecule has 0 radical (unpaired) electrons. The molecule has 1 aromatic rings. The Hall–Kier alpha value is -1.69. The summed E-state index contributed by atoms with van der Waals surface area (Å²) in [4.78, 5) is 10.5. The van der Waals surface area contributed by atoms with Crippen LogP contribution in [0.4, 0.5) is 8.78 Å². The normalized spacial score (nSPS) is 12.5. The summed E-state index contributed by atoms with van der Waals surface area (Å²) in [6, 6.07) is 4.75. The number of carbonyl (C=O) groups is 1. The minimum absolute atomic E-state index is 0.00918. The molecule has 1 rings (SSSR count). The van der Waals surface area contributed by atoms with Gasteiger partial charge in [0, 0.05) is 0 Å². The molecule has 0 fully saturated rings. The van der Waals surface area contributed by atoms with Crippen LogP contribution in [0.1, 0.15) is 5.56 Å². The summed E-state index contributed by atoms with van der Waals surface area (Å²) in [5.74, 6) is -1.15. The number of benzene rings is 1. The van der Waals surface area contributed by atoms with Gasteiger partial charge in [-0.15, -0.1) is 0 Å². The van der Waals surface area contributed by atoms with Crippen LogP contribution in [0.15, 0.2) is 24.3 Å². The van der Waals surface area contributed by atoms with E-state index in [1.807, 2.05) is 0 Å². The van der Waals surface area contributed by atoms with E-state index in [4.69, 9.17) is 10.8 Å². The van der Waals surface area contributed by atoms with E-state index in [0.29, 0.717) is 5.56 Å². The fourth-order valence-electron chi connectivity index (χ4n) is 1.19. The molecule has 88 valence electrons. The average Bonchev–Trinajstić information content (AvgIpc) is 2.16. The van der Waals surface area contributed by atoms with Crippen LogP contribution in [0.2, 0.25) is 0 Å². The van der Waals surface area contributed by atoms with Crippen molar-refractivity contribution in [1.29, 1.82) is 0 Å². The molecule has 0 amide bonds. The van der Waals surface area contributed by atoms with Crippen molar-refractivity contribution in [2.75, 3.05) is 0 Å². The molecule has 0 aliphatic heterocycles. The van der Waals surface area contributed by atoms with E-state index in [1.165, 1.54) is 18.2 Å². The first-order valence-electron chi connectivity index (χ1n) is 4.51. The summed E-state index contributed by atoms with van der Waals surface area (Å²) in [7, 11) is 0. The average molecular weight is 231 g/mol. The van der Waals surface area contributed by atoms with Crippen molar-refractivity contribution in [3.05, 3.63) is 29.8 Å². The van der Waals surface area contributed by atoms with E-state index in [-0.39, 0.29) is 12.2 Å². The zero-order chi connectivity index (χ0) is 12.1. The molecule has 4 nitrogen and oxygen atoms in total. The van der Waals surface area contributed by atoms with Gasteiger partial charge in [-0.05, 0) is 24.1 Å². The van der Waals surface area contributed by atoms with Crippen molar-refractivity contribution in [3.8, 4) is 5.75 Å². The Balaban J connectivity index is 2.70. The predicted octanol–water partition coefficient (Wildman–Crippen LogP) is 1.24. The lowest BCUT2D eigenvalue weighted by atomic mass is 10.1. The lowest BCUT2D eigenvalue weighted by Gasteiger charge is -2.08. The van der Waals surface area contributed by atoms with Crippen molar-refractivity contribution >= 4 is 5.97 Å². The van der Waals surface area contributed by atoms with Gasteiger partial charge in [-0.3, -0.25) is 4.79 Å². The highest BCUT2D eigenvalue weighted by molar-refractivity contribution is 5.73. The Kier molecular flexibility index (Phi) is 4.19. The number of carboxylic acids is 1. The van der Waals surface area contributed by atoms with Crippen LogP contribution in [0.3, 0.4) is 0 Å². The van der Waals surface area contributed by atoms with Crippen LogP contribution in [-0.2, 0) is 11.2 Å². The smallest absolute Gasteiger partial charge is 0.387 e. The summed E-state index contributed by atoms with van der Waals surface area (Å²) in [5.41, 5.74) is 5.85. The Bertz CT molecular complexity index is 371. The molecule has 0 bridgehead atoms. The van der Waals surface area contributed by atoms with E-state index in [1.54, 1.807) is 6.07 Å². The Morgan fingerprint density at radius 3 is 2.75 bits per heavy atom. The lowest BCUT2D eigenvalue weighted by Crippen LogP contribution is -2.32. The number of hydrogen-bond donors (Lipinski definition) is 2. The summed E-state index contributed by atoms with van der Waals surface area (Å²) in [6.07, 6.45) is 0.0652. The first-order valence-corrected chi connectivity index (χ1v) is 4.51. The standard InChI is InChI=1S/C10H11F2NO3/c11-10(12)16-7-3-1-2-6(4-7)5-8(13)9(14)15/h1-4,8,10H,5,13H2,(H,14,15). The van der Waals surface area contributed by atoms with Gasteiger partial charge in [-0.25, -0.2) is 0 Å². The molecular formula is C10H11F2NO3.